The van der Waals surface area contributed by atoms with E-state index in [4.69, 9.17) is 0 Å². The van der Waals surface area contributed by atoms with Gasteiger partial charge in [-0.1, -0.05) is 6.07 Å². The van der Waals surface area contributed by atoms with Crippen molar-refractivity contribution in [3.63, 3.8) is 0 Å². The lowest BCUT2D eigenvalue weighted by atomic mass is 10.1. The number of phenols is 1. The summed E-state index contributed by atoms with van der Waals surface area (Å²) in [6.45, 7) is 0. The molecule has 1 heterocycles. The van der Waals surface area contributed by atoms with E-state index >= 15 is 0 Å². The van der Waals surface area contributed by atoms with Gasteiger partial charge in [0.2, 0.25) is 0 Å². The first-order valence-corrected chi connectivity index (χ1v) is 4.68. The number of rotatable bonds is 1. The van der Waals surface area contributed by atoms with Gasteiger partial charge in [0.1, 0.15) is 11.6 Å². The molecule has 1 N–H and O–H groups in total. The molecule has 0 atom stereocenters. The van der Waals surface area contributed by atoms with Gasteiger partial charge in [-0.2, -0.15) is 0 Å². The Morgan fingerprint density at radius 1 is 1.23 bits per heavy atom. The van der Waals surface area contributed by atoms with Crippen LogP contribution in [0.2, 0.25) is 0 Å². The van der Waals surface area contributed by atoms with Crippen molar-refractivity contribution in [2.45, 2.75) is 0 Å². The molecule has 0 unspecified atom stereocenters. The van der Waals surface area contributed by atoms with Gasteiger partial charge in [-0.3, -0.25) is 0 Å². The van der Waals surface area contributed by atoms with E-state index < -0.39 is 0 Å². The van der Waals surface area contributed by atoms with E-state index in [-0.39, 0.29) is 11.6 Å². The first-order valence-electron chi connectivity index (χ1n) is 3.80. The third-order valence-corrected chi connectivity index (χ3v) is 2.65. The van der Waals surface area contributed by atoms with E-state index in [1.807, 2.05) is 17.5 Å². The minimum absolute atomic E-state index is 0.115. The Morgan fingerprint density at radius 3 is 2.77 bits per heavy atom. The molecule has 0 bridgehead atoms. The topological polar surface area (TPSA) is 20.2 Å². The monoisotopic (exact) mass is 194 g/mol. The molecule has 0 spiro atoms. The van der Waals surface area contributed by atoms with Crippen LogP contribution in [0.1, 0.15) is 0 Å². The highest BCUT2D eigenvalue weighted by atomic mass is 32.1. The van der Waals surface area contributed by atoms with Crippen LogP contribution in [-0.2, 0) is 0 Å². The lowest BCUT2D eigenvalue weighted by Gasteiger charge is -2.00. The van der Waals surface area contributed by atoms with Crippen molar-refractivity contribution in [1.29, 1.82) is 0 Å². The normalized spacial score (nSPS) is 10.2. The second-order valence-electron chi connectivity index (χ2n) is 2.64. The Labute approximate surface area is 79.1 Å². The first-order chi connectivity index (χ1) is 6.27. The quantitative estimate of drug-likeness (QED) is 0.738. The summed E-state index contributed by atoms with van der Waals surface area (Å²) in [5, 5.41) is 11.3. The second kappa shape index (κ2) is 3.18. The van der Waals surface area contributed by atoms with Gasteiger partial charge in [0.25, 0.3) is 0 Å². The zero-order chi connectivity index (χ0) is 9.26. The van der Waals surface area contributed by atoms with Crippen molar-refractivity contribution in [2.75, 3.05) is 0 Å². The van der Waals surface area contributed by atoms with Crippen molar-refractivity contribution >= 4 is 11.3 Å². The molecule has 2 rings (SSSR count). The molecular formula is C10H7FOS. The number of benzene rings is 1. The average molecular weight is 194 g/mol. The van der Waals surface area contributed by atoms with E-state index in [1.54, 1.807) is 0 Å². The Hall–Kier alpha value is -1.35. The van der Waals surface area contributed by atoms with E-state index in [0.717, 1.165) is 4.88 Å². The standard InChI is InChI=1S/C10H7FOS/c11-7-3-4-9(12)8(6-7)10-2-1-5-13-10/h1-6,12H. The molecule has 0 aliphatic carbocycles. The van der Waals surface area contributed by atoms with Crippen LogP contribution in [0.15, 0.2) is 35.7 Å². The lowest BCUT2D eigenvalue weighted by molar-refractivity contribution is 0.475. The minimum atomic E-state index is -0.332. The van der Waals surface area contributed by atoms with Gasteiger partial charge >= 0.3 is 0 Å². The smallest absolute Gasteiger partial charge is 0.124 e. The molecule has 0 aliphatic heterocycles. The molecule has 1 aromatic heterocycles. The fourth-order valence-electron chi connectivity index (χ4n) is 1.14. The molecule has 0 radical (unpaired) electrons. The van der Waals surface area contributed by atoms with E-state index in [9.17, 15) is 9.50 Å². The van der Waals surface area contributed by atoms with Gasteiger partial charge in [-0.15, -0.1) is 11.3 Å². The summed E-state index contributed by atoms with van der Waals surface area (Å²) in [7, 11) is 0. The summed E-state index contributed by atoms with van der Waals surface area (Å²) in [6, 6.07) is 7.65. The Morgan fingerprint density at radius 2 is 2.08 bits per heavy atom. The van der Waals surface area contributed by atoms with Crippen molar-refractivity contribution in [3.05, 3.63) is 41.5 Å². The van der Waals surface area contributed by atoms with E-state index in [2.05, 4.69) is 0 Å². The van der Waals surface area contributed by atoms with E-state index in [0.29, 0.717) is 5.56 Å². The molecular weight excluding hydrogens is 187 g/mol. The van der Waals surface area contributed by atoms with Crippen molar-refractivity contribution in [2.24, 2.45) is 0 Å². The molecule has 2 aromatic rings. The predicted octanol–water partition coefficient (Wildman–Crippen LogP) is 3.26. The minimum Gasteiger partial charge on any atom is -0.507 e. The number of phenolic OH excluding ortho intramolecular Hbond substituents is 1. The first kappa shape index (κ1) is 8.26. The molecule has 0 saturated heterocycles. The van der Waals surface area contributed by atoms with Gasteiger partial charge < -0.3 is 5.11 Å². The van der Waals surface area contributed by atoms with Crippen LogP contribution >= 0.6 is 11.3 Å². The van der Waals surface area contributed by atoms with Crippen LogP contribution in [0.25, 0.3) is 10.4 Å². The summed E-state index contributed by atoms with van der Waals surface area (Å²) in [4.78, 5) is 0.872. The zero-order valence-electron chi connectivity index (χ0n) is 6.70. The summed E-state index contributed by atoms with van der Waals surface area (Å²) >= 11 is 1.47. The molecule has 66 valence electrons. The Balaban J connectivity index is 2.57. The maximum atomic E-state index is 12.8. The molecule has 0 amide bonds. The largest absolute Gasteiger partial charge is 0.507 e. The molecule has 13 heavy (non-hydrogen) atoms. The Kier molecular flexibility index (Phi) is 2.02. The van der Waals surface area contributed by atoms with E-state index in [1.165, 1.54) is 29.5 Å². The SMILES string of the molecule is Oc1ccc(F)cc1-c1cccs1. The van der Waals surface area contributed by atoms with Crippen LogP contribution in [0, 0.1) is 5.82 Å². The average Bonchev–Trinajstić information content (AvgIpc) is 2.61. The fourth-order valence-corrected chi connectivity index (χ4v) is 1.89. The molecule has 0 aliphatic rings. The third kappa shape index (κ3) is 1.55. The number of hydrogen-bond acceptors (Lipinski definition) is 2. The fraction of sp³-hybridized carbons (Fsp3) is 0. The van der Waals surface area contributed by atoms with Gasteiger partial charge in [0.05, 0.1) is 0 Å². The summed E-state index contributed by atoms with van der Waals surface area (Å²) in [6.07, 6.45) is 0. The Bertz CT molecular complexity index is 409. The molecule has 0 fully saturated rings. The lowest BCUT2D eigenvalue weighted by Crippen LogP contribution is -1.77. The van der Waals surface area contributed by atoms with Crippen molar-refractivity contribution < 1.29 is 9.50 Å². The highest BCUT2D eigenvalue weighted by Crippen LogP contribution is 2.32. The zero-order valence-corrected chi connectivity index (χ0v) is 7.51. The number of thiophene rings is 1. The molecule has 3 heteroatoms. The summed E-state index contributed by atoms with van der Waals surface area (Å²) in [5.74, 6) is -0.218. The summed E-state index contributed by atoms with van der Waals surface area (Å²) in [5.41, 5.74) is 0.551. The highest BCUT2D eigenvalue weighted by molar-refractivity contribution is 7.13. The number of aromatic hydroxyl groups is 1. The van der Waals surface area contributed by atoms with Crippen LogP contribution in [-0.4, -0.2) is 5.11 Å². The van der Waals surface area contributed by atoms with Crippen LogP contribution in [0.4, 0.5) is 4.39 Å². The molecule has 0 saturated carbocycles. The van der Waals surface area contributed by atoms with Crippen molar-refractivity contribution in [3.8, 4) is 16.2 Å². The second-order valence-corrected chi connectivity index (χ2v) is 3.59. The van der Waals surface area contributed by atoms with Gasteiger partial charge in [-0.05, 0) is 29.6 Å². The van der Waals surface area contributed by atoms with Crippen LogP contribution in [0.3, 0.4) is 0 Å². The maximum absolute atomic E-state index is 12.8. The van der Waals surface area contributed by atoms with Gasteiger partial charge in [0, 0.05) is 10.4 Å². The van der Waals surface area contributed by atoms with Gasteiger partial charge in [0.15, 0.2) is 0 Å². The number of hydrogen-bond donors (Lipinski definition) is 1. The molecule has 1 nitrogen and oxygen atoms in total. The van der Waals surface area contributed by atoms with Crippen molar-refractivity contribution in [1.82, 2.24) is 0 Å². The third-order valence-electron chi connectivity index (χ3n) is 1.75. The maximum Gasteiger partial charge on any atom is 0.124 e. The number of halogens is 1. The summed E-state index contributed by atoms with van der Waals surface area (Å²) < 4.78 is 12.8. The van der Waals surface area contributed by atoms with Crippen LogP contribution in [0.5, 0.6) is 5.75 Å². The predicted molar refractivity (Wildman–Crippen MR) is 51.4 cm³/mol. The highest BCUT2D eigenvalue weighted by Gasteiger charge is 2.05. The van der Waals surface area contributed by atoms with Crippen LogP contribution < -0.4 is 0 Å². The van der Waals surface area contributed by atoms with Gasteiger partial charge in [-0.25, -0.2) is 4.39 Å². The molecule has 1 aromatic carbocycles.